The molecule has 3 aliphatic carbocycles. The molecule has 0 heterocycles. The summed E-state index contributed by atoms with van der Waals surface area (Å²) in [6.07, 6.45) is 8.58. The topological polar surface area (TPSA) is 0 Å². The van der Waals surface area contributed by atoms with E-state index in [-0.39, 0.29) is 22.7 Å². The Labute approximate surface area is 165 Å². The van der Waals surface area contributed by atoms with Crippen LogP contribution in [0.3, 0.4) is 0 Å². The number of rotatable bonds is 0. The van der Waals surface area contributed by atoms with Crippen molar-refractivity contribution in [1.29, 1.82) is 0 Å². The van der Waals surface area contributed by atoms with Crippen LogP contribution in [0.15, 0.2) is 46.6 Å². The van der Waals surface area contributed by atoms with Crippen LogP contribution in [-0.2, 0) is 0 Å². The molecule has 2 spiro atoms. The molecular weight excluding hydrogens is 382 g/mol. The van der Waals surface area contributed by atoms with Gasteiger partial charge in [0.25, 0.3) is 0 Å². The fourth-order valence-electron chi connectivity index (χ4n) is 5.47. The van der Waals surface area contributed by atoms with Crippen LogP contribution < -0.4 is 0 Å². The lowest BCUT2D eigenvalue weighted by Gasteiger charge is -2.42. The van der Waals surface area contributed by atoms with Gasteiger partial charge >= 0.3 is 0 Å². The van der Waals surface area contributed by atoms with Gasteiger partial charge in [0, 0.05) is 11.8 Å². The smallest absolute Gasteiger partial charge is 0.0999 e. The van der Waals surface area contributed by atoms with Gasteiger partial charge in [0.05, 0.1) is 10.8 Å². The summed E-state index contributed by atoms with van der Waals surface area (Å²) in [6, 6.07) is 0. The monoisotopic (exact) mass is 404 g/mol. The molecule has 0 aromatic rings. The van der Waals surface area contributed by atoms with Crippen LogP contribution in [0.2, 0.25) is 0 Å². The van der Waals surface area contributed by atoms with E-state index in [2.05, 4.69) is 38.2 Å². The van der Waals surface area contributed by atoms with Crippen molar-refractivity contribution in [3.8, 4) is 0 Å². The fraction of sp³-hybridized carbons (Fsp3) is 0.600. The number of halogens is 4. The predicted molar refractivity (Wildman–Crippen MR) is 107 cm³/mol. The Balaban J connectivity index is 2.38. The zero-order valence-electron chi connectivity index (χ0n) is 15.0. The van der Waals surface area contributed by atoms with Crippen molar-refractivity contribution in [3.05, 3.63) is 46.6 Å². The van der Waals surface area contributed by atoms with E-state index in [0.717, 1.165) is 0 Å². The summed E-state index contributed by atoms with van der Waals surface area (Å²) in [5.41, 5.74) is 3.93. The summed E-state index contributed by atoms with van der Waals surface area (Å²) < 4.78 is -1.64. The van der Waals surface area contributed by atoms with E-state index in [1.807, 2.05) is 27.7 Å². The van der Waals surface area contributed by atoms with Gasteiger partial charge in [-0.05, 0) is 50.0 Å². The third-order valence-corrected chi connectivity index (χ3v) is 9.21. The van der Waals surface area contributed by atoms with Crippen LogP contribution >= 0.6 is 46.4 Å². The predicted octanol–water partition coefficient (Wildman–Crippen LogP) is 7.41. The Hall–Kier alpha value is 0.120. The summed E-state index contributed by atoms with van der Waals surface area (Å²) in [6.45, 7) is 12.4. The van der Waals surface area contributed by atoms with E-state index in [4.69, 9.17) is 46.4 Å². The van der Waals surface area contributed by atoms with Crippen molar-refractivity contribution in [2.45, 2.75) is 50.2 Å². The normalized spacial score (nSPS) is 48.9. The first-order valence-electron chi connectivity index (χ1n) is 8.53. The average Bonchev–Trinajstić information content (AvgIpc) is 3.18. The standard InChI is InChI=1S/C20H24Cl4/c1-7-13-14(8-2)18(12(6)20(18,23)24)16(10-4)15(9-3)17(13)11(5)19(17,21)22/h7-12H,1-6H3/b13-7+,14-8+,15-9+,16-10+. The van der Waals surface area contributed by atoms with Gasteiger partial charge < -0.3 is 0 Å². The average molecular weight is 406 g/mol. The lowest BCUT2D eigenvalue weighted by molar-refractivity contribution is 0.527. The molecule has 0 aromatic carbocycles. The Morgan fingerprint density at radius 2 is 0.750 bits per heavy atom. The molecule has 0 radical (unpaired) electrons. The Bertz CT molecular complexity index is 620. The molecule has 0 aromatic heterocycles. The number of hydrogen-bond acceptors (Lipinski definition) is 0. The molecule has 0 nitrogen and oxygen atoms in total. The van der Waals surface area contributed by atoms with Gasteiger partial charge in [0.1, 0.15) is 8.67 Å². The highest BCUT2D eigenvalue weighted by Gasteiger charge is 2.86. The van der Waals surface area contributed by atoms with E-state index < -0.39 is 8.67 Å². The van der Waals surface area contributed by atoms with Crippen LogP contribution in [0.5, 0.6) is 0 Å². The third-order valence-electron chi connectivity index (χ3n) is 6.71. The second kappa shape index (κ2) is 5.32. The summed E-state index contributed by atoms with van der Waals surface area (Å²) in [7, 11) is 0. The third kappa shape index (κ3) is 1.62. The van der Waals surface area contributed by atoms with Crippen LogP contribution in [0.25, 0.3) is 0 Å². The second-order valence-corrected chi connectivity index (χ2v) is 9.89. The van der Waals surface area contributed by atoms with Crippen LogP contribution in [0.1, 0.15) is 41.5 Å². The lowest BCUT2D eigenvalue weighted by atomic mass is 9.62. The van der Waals surface area contributed by atoms with E-state index in [1.165, 1.54) is 22.3 Å². The van der Waals surface area contributed by atoms with Crippen molar-refractivity contribution < 1.29 is 0 Å². The number of allylic oxidation sites excluding steroid dienone is 8. The molecule has 2 unspecified atom stereocenters. The lowest BCUT2D eigenvalue weighted by Crippen LogP contribution is -2.34. The quantitative estimate of drug-likeness (QED) is 0.368. The minimum absolute atomic E-state index is 0.127. The molecule has 0 saturated heterocycles. The van der Waals surface area contributed by atoms with E-state index in [0.29, 0.717) is 0 Å². The maximum atomic E-state index is 6.80. The van der Waals surface area contributed by atoms with Gasteiger partial charge in [-0.1, -0.05) is 84.6 Å². The van der Waals surface area contributed by atoms with Gasteiger partial charge in [-0.25, -0.2) is 0 Å². The first kappa shape index (κ1) is 18.9. The van der Waals surface area contributed by atoms with E-state index in [1.54, 1.807) is 0 Å². The minimum atomic E-state index is -0.819. The molecular formula is C20H24Cl4. The molecule has 0 N–H and O–H groups in total. The van der Waals surface area contributed by atoms with Crippen LogP contribution in [-0.4, -0.2) is 8.67 Å². The SMILES string of the molecule is C/C=C1\C(=C/C)C2(C(=C/C)/C(=C\C)C13C(C)C3(Cl)Cl)C(C)C2(Cl)Cl. The molecule has 0 aliphatic heterocycles. The molecule has 3 fully saturated rings. The molecule has 24 heavy (non-hydrogen) atoms. The van der Waals surface area contributed by atoms with E-state index in [9.17, 15) is 0 Å². The Morgan fingerprint density at radius 3 is 0.833 bits per heavy atom. The zero-order valence-corrected chi connectivity index (χ0v) is 18.0. The highest BCUT2D eigenvalue weighted by atomic mass is 35.5. The molecule has 4 heteroatoms. The van der Waals surface area contributed by atoms with E-state index >= 15 is 0 Å². The highest BCUT2D eigenvalue weighted by Crippen LogP contribution is 2.88. The maximum Gasteiger partial charge on any atom is 0.136 e. The first-order valence-corrected chi connectivity index (χ1v) is 10.0. The van der Waals surface area contributed by atoms with Crippen molar-refractivity contribution in [2.24, 2.45) is 22.7 Å². The van der Waals surface area contributed by atoms with Crippen molar-refractivity contribution >= 4 is 46.4 Å². The summed E-state index contributed by atoms with van der Waals surface area (Å²) in [5.74, 6) is 0.254. The van der Waals surface area contributed by atoms with Gasteiger partial charge in [0.15, 0.2) is 0 Å². The summed E-state index contributed by atoms with van der Waals surface area (Å²) in [4.78, 5) is 0. The van der Waals surface area contributed by atoms with Crippen molar-refractivity contribution in [3.63, 3.8) is 0 Å². The Morgan fingerprint density at radius 1 is 0.583 bits per heavy atom. The molecule has 0 amide bonds. The zero-order chi connectivity index (χ0) is 18.3. The molecule has 132 valence electrons. The second-order valence-electron chi connectivity index (χ2n) is 7.11. The first-order chi connectivity index (χ1) is 11.1. The van der Waals surface area contributed by atoms with Crippen molar-refractivity contribution in [2.75, 3.05) is 0 Å². The summed E-state index contributed by atoms with van der Waals surface area (Å²) >= 11 is 27.2. The molecule has 3 rings (SSSR count). The molecule has 0 bridgehead atoms. The van der Waals surface area contributed by atoms with Crippen LogP contribution in [0, 0.1) is 22.7 Å². The molecule has 2 atom stereocenters. The number of hydrogen-bond donors (Lipinski definition) is 0. The van der Waals surface area contributed by atoms with Crippen molar-refractivity contribution in [1.82, 2.24) is 0 Å². The van der Waals surface area contributed by atoms with Gasteiger partial charge in [-0.3, -0.25) is 0 Å². The molecule has 3 saturated carbocycles. The van der Waals surface area contributed by atoms with Gasteiger partial charge in [-0.15, -0.1) is 0 Å². The largest absolute Gasteiger partial charge is 0.136 e. The fourth-order valence-corrected chi connectivity index (χ4v) is 7.37. The summed E-state index contributed by atoms with van der Waals surface area (Å²) in [5, 5.41) is 0. The van der Waals surface area contributed by atoms with Crippen LogP contribution in [0.4, 0.5) is 0 Å². The number of alkyl halides is 4. The maximum absolute atomic E-state index is 6.80. The Kier molecular flexibility index (Phi) is 4.19. The molecule has 3 aliphatic rings. The van der Waals surface area contributed by atoms with Gasteiger partial charge in [-0.2, -0.15) is 0 Å². The highest BCUT2D eigenvalue weighted by molar-refractivity contribution is 6.54. The minimum Gasteiger partial charge on any atom is -0.0999 e. The van der Waals surface area contributed by atoms with Gasteiger partial charge in [0.2, 0.25) is 0 Å².